The van der Waals surface area contributed by atoms with Crippen LogP contribution in [-0.4, -0.2) is 59.4 Å². The summed E-state index contributed by atoms with van der Waals surface area (Å²) in [7, 11) is 0. The molecule has 0 radical (unpaired) electrons. The highest BCUT2D eigenvalue weighted by Crippen LogP contribution is 2.38. The monoisotopic (exact) mass is 592 g/mol. The van der Waals surface area contributed by atoms with E-state index in [0.29, 0.717) is 12.2 Å². The molecular formula is C36H64O6. The number of hydrogen-bond acceptors (Lipinski definition) is 6. The van der Waals surface area contributed by atoms with Crippen LogP contribution in [0.3, 0.4) is 0 Å². The van der Waals surface area contributed by atoms with E-state index in [1.54, 1.807) is 0 Å². The summed E-state index contributed by atoms with van der Waals surface area (Å²) in [6.45, 7) is 4.18. The summed E-state index contributed by atoms with van der Waals surface area (Å²) in [5.41, 5.74) is 0. The number of aliphatic hydroxyl groups excluding tert-OH is 2. The maximum Gasteiger partial charge on any atom is 0.155 e. The number of ether oxygens (including phenoxy) is 4. The first-order chi connectivity index (χ1) is 20.4. The molecule has 0 bridgehead atoms. The van der Waals surface area contributed by atoms with E-state index < -0.39 is 0 Å². The number of hydrogen-bond donors (Lipinski definition) is 2. The molecule has 0 amide bonds. The third-order valence-corrected chi connectivity index (χ3v) is 11.7. The van der Waals surface area contributed by atoms with Crippen LogP contribution in [-0.2, 0) is 18.9 Å². The standard InChI is InChI=1S/C36H64O6/c1-25(39-33-15-7-29(8-16-33)23-27-3-11-31(37)12-4-27)41-35-19-21-36(22-20-35)42-26(2)40-34-17-9-30(10-18-34)24-28-5-13-32(38)14-6-28/h25-38H,3-24H2,1-2H3. The number of aliphatic hydroxyl groups is 2. The molecule has 5 aliphatic rings. The molecule has 0 heterocycles. The summed E-state index contributed by atoms with van der Waals surface area (Å²) in [6, 6.07) is 0. The van der Waals surface area contributed by atoms with Gasteiger partial charge in [0.1, 0.15) is 0 Å². The van der Waals surface area contributed by atoms with Crippen molar-refractivity contribution >= 4 is 0 Å². The lowest BCUT2D eigenvalue weighted by Gasteiger charge is -2.36. The average molecular weight is 593 g/mol. The molecule has 5 fully saturated rings. The summed E-state index contributed by atoms with van der Waals surface area (Å²) in [5.74, 6) is 3.36. The summed E-state index contributed by atoms with van der Waals surface area (Å²) < 4.78 is 25.4. The van der Waals surface area contributed by atoms with Gasteiger partial charge in [0.25, 0.3) is 0 Å². The second-order valence-electron chi connectivity index (χ2n) is 15.2. The van der Waals surface area contributed by atoms with Crippen LogP contribution in [0.2, 0.25) is 0 Å². The third-order valence-electron chi connectivity index (χ3n) is 11.7. The Morgan fingerprint density at radius 3 is 0.857 bits per heavy atom. The Balaban J connectivity index is 0.888. The highest BCUT2D eigenvalue weighted by atomic mass is 16.7. The van der Waals surface area contributed by atoms with E-state index in [1.165, 1.54) is 89.9 Å². The van der Waals surface area contributed by atoms with Crippen LogP contribution in [0, 0.1) is 23.7 Å². The minimum absolute atomic E-state index is 0.0405. The van der Waals surface area contributed by atoms with E-state index in [1.807, 2.05) is 0 Å². The highest BCUT2D eigenvalue weighted by Gasteiger charge is 2.31. The predicted molar refractivity (Wildman–Crippen MR) is 166 cm³/mol. The van der Waals surface area contributed by atoms with E-state index in [9.17, 15) is 10.2 Å². The van der Waals surface area contributed by atoms with Crippen molar-refractivity contribution < 1.29 is 29.2 Å². The van der Waals surface area contributed by atoms with Crippen LogP contribution in [0.1, 0.15) is 155 Å². The van der Waals surface area contributed by atoms with Crippen LogP contribution in [0.25, 0.3) is 0 Å². The van der Waals surface area contributed by atoms with Gasteiger partial charge in [-0.15, -0.1) is 0 Å². The van der Waals surface area contributed by atoms with Gasteiger partial charge in [0.15, 0.2) is 12.6 Å². The van der Waals surface area contributed by atoms with Crippen molar-refractivity contribution in [3.8, 4) is 0 Å². The Bertz CT molecular complexity index is 661. The summed E-state index contributed by atoms with van der Waals surface area (Å²) in [6.07, 6.45) is 26.5. The molecule has 0 saturated heterocycles. The molecule has 42 heavy (non-hydrogen) atoms. The van der Waals surface area contributed by atoms with E-state index in [4.69, 9.17) is 18.9 Å². The SMILES string of the molecule is CC(OC1CCC(CC2CCC(O)CC2)CC1)OC1CCC(OC(C)OC2CCC(CC3CCC(O)CC3)CC2)CC1. The smallest absolute Gasteiger partial charge is 0.155 e. The predicted octanol–water partition coefficient (Wildman–Crippen LogP) is 8.06. The van der Waals surface area contributed by atoms with Crippen LogP contribution in [0.4, 0.5) is 0 Å². The normalized spacial score (nSPS) is 41.7. The van der Waals surface area contributed by atoms with Crippen molar-refractivity contribution in [2.24, 2.45) is 23.7 Å². The van der Waals surface area contributed by atoms with Crippen molar-refractivity contribution in [3.05, 3.63) is 0 Å². The zero-order chi connectivity index (χ0) is 29.3. The Labute approximate surface area is 257 Å². The highest BCUT2D eigenvalue weighted by molar-refractivity contribution is 4.81. The molecule has 0 aromatic carbocycles. The maximum absolute atomic E-state index is 9.78. The summed E-state index contributed by atoms with van der Waals surface area (Å²) in [5, 5.41) is 19.6. The Kier molecular flexibility index (Phi) is 13.3. The second-order valence-corrected chi connectivity index (χ2v) is 15.2. The van der Waals surface area contributed by atoms with E-state index in [0.717, 1.165) is 75.0 Å². The van der Waals surface area contributed by atoms with Crippen LogP contribution < -0.4 is 0 Å². The molecule has 5 aliphatic carbocycles. The zero-order valence-corrected chi connectivity index (χ0v) is 27.0. The van der Waals surface area contributed by atoms with Gasteiger partial charge in [0, 0.05) is 0 Å². The van der Waals surface area contributed by atoms with Crippen molar-refractivity contribution in [3.63, 3.8) is 0 Å². The Morgan fingerprint density at radius 2 is 0.595 bits per heavy atom. The van der Waals surface area contributed by atoms with Gasteiger partial charge >= 0.3 is 0 Å². The van der Waals surface area contributed by atoms with Gasteiger partial charge in [-0.3, -0.25) is 0 Å². The van der Waals surface area contributed by atoms with Crippen molar-refractivity contribution in [1.82, 2.24) is 0 Å². The first-order valence-corrected chi connectivity index (χ1v) is 18.4. The van der Waals surface area contributed by atoms with Gasteiger partial charge in [-0.1, -0.05) is 0 Å². The van der Waals surface area contributed by atoms with Crippen LogP contribution in [0.15, 0.2) is 0 Å². The second kappa shape index (κ2) is 16.9. The van der Waals surface area contributed by atoms with E-state index in [2.05, 4.69) is 13.8 Å². The minimum atomic E-state index is -0.129. The largest absolute Gasteiger partial charge is 0.393 e. The molecule has 2 unspecified atom stereocenters. The first kappa shape index (κ1) is 33.1. The lowest BCUT2D eigenvalue weighted by molar-refractivity contribution is -0.217. The fourth-order valence-electron chi connectivity index (χ4n) is 9.16. The molecule has 5 saturated carbocycles. The fourth-order valence-corrected chi connectivity index (χ4v) is 9.16. The van der Waals surface area contributed by atoms with E-state index >= 15 is 0 Å². The van der Waals surface area contributed by atoms with Crippen molar-refractivity contribution in [1.29, 1.82) is 0 Å². The number of rotatable bonds is 12. The summed E-state index contributed by atoms with van der Waals surface area (Å²) >= 11 is 0. The Morgan fingerprint density at radius 1 is 0.381 bits per heavy atom. The summed E-state index contributed by atoms with van der Waals surface area (Å²) in [4.78, 5) is 0. The molecule has 244 valence electrons. The minimum Gasteiger partial charge on any atom is -0.393 e. The van der Waals surface area contributed by atoms with Gasteiger partial charge in [0.05, 0.1) is 36.6 Å². The van der Waals surface area contributed by atoms with Gasteiger partial charge in [-0.25, -0.2) is 0 Å². The first-order valence-electron chi connectivity index (χ1n) is 18.4. The van der Waals surface area contributed by atoms with Crippen LogP contribution in [0.5, 0.6) is 0 Å². The quantitative estimate of drug-likeness (QED) is 0.223. The maximum atomic E-state index is 9.78. The van der Waals surface area contributed by atoms with Gasteiger partial charge in [0.2, 0.25) is 0 Å². The lowest BCUT2D eigenvalue weighted by atomic mass is 9.76. The molecular weight excluding hydrogens is 528 g/mol. The zero-order valence-electron chi connectivity index (χ0n) is 27.0. The van der Waals surface area contributed by atoms with Gasteiger partial charge < -0.3 is 29.2 Å². The van der Waals surface area contributed by atoms with Gasteiger partial charge in [-0.2, -0.15) is 0 Å². The molecule has 0 aliphatic heterocycles. The molecule has 0 spiro atoms. The van der Waals surface area contributed by atoms with Crippen molar-refractivity contribution in [2.75, 3.05) is 0 Å². The van der Waals surface area contributed by atoms with Crippen LogP contribution >= 0.6 is 0 Å². The van der Waals surface area contributed by atoms with Gasteiger partial charge in [-0.05, 0) is 179 Å². The molecule has 2 atom stereocenters. The van der Waals surface area contributed by atoms with Crippen molar-refractivity contribution in [2.45, 2.75) is 204 Å². The molecule has 2 N–H and O–H groups in total. The molecule has 0 aromatic heterocycles. The molecule has 5 rings (SSSR count). The molecule has 0 aromatic rings. The molecule has 6 nitrogen and oxygen atoms in total. The Hall–Kier alpha value is -0.240. The fraction of sp³-hybridized carbons (Fsp3) is 1.00. The lowest BCUT2D eigenvalue weighted by Crippen LogP contribution is -2.35. The van der Waals surface area contributed by atoms with E-state index in [-0.39, 0.29) is 37.0 Å². The molecule has 6 heteroatoms. The third kappa shape index (κ3) is 11.0. The topological polar surface area (TPSA) is 77.4 Å². The average Bonchev–Trinajstić information content (AvgIpc) is 2.98.